The fourth-order valence-corrected chi connectivity index (χ4v) is 2.56. The first-order chi connectivity index (χ1) is 13.3. The zero-order valence-electron chi connectivity index (χ0n) is 15.4. The highest BCUT2D eigenvalue weighted by Gasteiger charge is 2.25. The molecule has 9 nitrogen and oxygen atoms in total. The number of carboxylic acid groups (broad SMARTS) is 1. The van der Waals surface area contributed by atoms with Crippen LogP contribution in [0.2, 0.25) is 0 Å². The molecular weight excluding hydrogens is 368 g/mol. The van der Waals surface area contributed by atoms with Gasteiger partial charge in [0.25, 0.3) is 11.6 Å². The number of nitrogens with one attached hydrogen (secondary N) is 1. The highest BCUT2D eigenvalue weighted by atomic mass is 16.6. The molecule has 2 aromatic carbocycles. The second kappa shape index (κ2) is 9.36. The fourth-order valence-electron chi connectivity index (χ4n) is 2.56. The Kier molecular flexibility index (Phi) is 6.91. The number of hydrogen-bond acceptors (Lipinski definition) is 6. The van der Waals surface area contributed by atoms with E-state index in [0.29, 0.717) is 18.7 Å². The average molecular weight is 388 g/mol. The number of rotatable bonds is 9. The maximum absolute atomic E-state index is 12.7. The Morgan fingerprint density at radius 3 is 2.57 bits per heavy atom. The number of aliphatic carboxylic acids is 1. The van der Waals surface area contributed by atoms with Gasteiger partial charge in [0, 0.05) is 18.2 Å². The molecule has 1 amide bonds. The van der Waals surface area contributed by atoms with Crippen molar-refractivity contribution in [1.82, 2.24) is 0 Å². The van der Waals surface area contributed by atoms with Crippen LogP contribution in [0, 0.1) is 10.1 Å². The first-order valence-electron chi connectivity index (χ1n) is 8.47. The van der Waals surface area contributed by atoms with Crippen molar-refractivity contribution in [2.24, 2.45) is 0 Å². The summed E-state index contributed by atoms with van der Waals surface area (Å²) in [4.78, 5) is 34.1. The van der Waals surface area contributed by atoms with E-state index in [1.54, 1.807) is 31.2 Å². The van der Waals surface area contributed by atoms with E-state index < -0.39 is 22.5 Å². The number of carboxylic acids is 1. The van der Waals surface area contributed by atoms with E-state index in [1.165, 1.54) is 13.2 Å². The number of ether oxygens (including phenoxy) is 2. The van der Waals surface area contributed by atoms with Gasteiger partial charge in [-0.15, -0.1) is 0 Å². The number of methoxy groups -OCH3 is 1. The summed E-state index contributed by atoms with van der Waals surface area (Å²) in [6.45, 7) is 2.03. The van der Waals surface area contributed by atoms with Crippen LogP contribution in [-0.2, 0) is 11.2 Å². The van der Waals surface area contributed by atoms with Crippen LogP contribution in [0.3, 0.4) is 0 Å². The van der Waals surface area contributed by atoms with Crippen LogP contribution in [-0.4, -0.2) is 35.6 Å². The summed E-state index contributed by atoms with van der Waals surface area (Å²) in [5, 5.41) is 22.8. The molecule has 2 rings (SSSR count). The molecule has 0 heterocycles. The molecule has 0 aliphatic heterocycles. The minimum atomic E-state index is -0.924. The highest BCUT2D eigenvalue weighted by Crippen LogP contribution is 2.35. The minimum absolute atomic E-state index is 0.0426. The summed E-state index contributed by atoms with van der Waals surface area (Å²) in [7, 11) is 1.35. The largest absolute Gasteiger partial charge is 0.493 e. The van der Waals surface area contributed by atoms with Gasteiger partial charge in [0.15, 0.2) is 11.5 Å². The lowest BCUT2D eigenvalue weighted by atomic mass is 10.1. The molecule has 0 bridgehead atoms. The van der Waals surface area contributed by atoms with Crippen LogP contribution in [0.15, 0.2) is 36.4 Å². The third-order valence-electron chi connectivity index (χ3n) is 3.84. The van der Waals surface area contributed by atoms with Crippen molar-refractivity contribution in [3.05, 3.63) is 57.6 Å². The average Bonchev–Trinajstić information content (AvgIpc) is 2.66. The third kappa shape index (κ3) is 5.19. The first-order valence-corrected chi connectivity index (χ1v) is 8.47. The van der Waals surface area contributed by atoms with Gasteiger partial charge in [0.05, 0.1) is 24.7 Å². The van der Waals surface area contributed by atoms with E-state index in [0.717, 1.165) is 11.6 Å². The lowest BCUT2D eigenvalue weighted by Crippen LogP contribution is -2.15. The summed E-state index contributed by atoms with van der Waals surface area (Å²) in [6, 6.07) is 9.05. The number of anilines is 1. The zero-order chi connectivity index (χ0) is 20.7. The number of amides is 1. The lowest BCUT2D eigenvalue weighted by molar-refractivity contribution is -0.385. The van der Waals surface area contributed by atoms with Gasteiger partial charge in [-0.25, -0.2) is 0 Å². The number of nitrogens with zero attached hydrogens (tertiary/aromatic N) is 1. The molecule has 0 aromatic heterocycles. The maximum Gasteiger partial charge on any atom is 0.303 e. The maximum atomic E-state index is 12.7. The number of carbonyl (C=O) groups is 2. The summed E-state index contributed by atoms with van der Waals surface area (Å²) in [5.74, 6) is -1.24. The Bertz CT molecular complexity index is 896. The van der Waals surface area contributed by atoms with Crippen LogP contribution in [0.25, 0.3) is 0 Å². The van der Waals surface area contributed by atoms with Crippen LogP contribution in [0.5, 0.6) is 11.5 Å². The Hall–Kier alpha value is -3.62. The number of nitro benzene ring substituents is 1. The molecule has 0 spiro atoms. The molecule has 0 fully saturated rings. The summed E-state index contributed by atoms with van der Waals surface area (Å²) in [6.07, 6.45) is 0.259. The highest BCUT2D eigenvalue weighted by molar-refractivity contribution is 6.07. The Morgan fingerprint density at radius 1 is 1.21 bits per heavy atom. The van der Waals surface area contributed by atoms with Crippen molar-refractivity contribution >= 4 is 23.3 Å². The van der Waals surface area contributed by atoms with Crippen LogP contribution in [0.1, 0.15) is 29.3 Å². The van der Waals surface area contributed by atoms with Gasteiger partial charge < -0.3 is 19.9 Å². The fraction of sp³-hybridized carbons (Fsp3) is 0.263. The normalized spacial score (nSPS) is 10.2. The molecule has 28 heavy (non-hydrogen) atoms. The molecule has 2 N–H and O–H groups in total. The van der Waals surface area contributed by atoms with Crippen molar-refractivity contribution in [3.8, 4) is 11.5 Å². The van der Waals surface area contributed by atoms with Crippen molar-refractivity contribution in [1.29, 1.82) is 0 Å². The minimum Gasteiger partial charge on any atom is -0.493 e. The monoisotopic (exact) mass is 388 g/mol. The molecule has 148 valence electrons. The van der Waals surface area contributed by atoms with Crippen LogP contribution in [0.4, 0.5) is 11.4 Å². The zero-order valence-corrected chi connectivity index (χ0v) is 15.4. The lowest BCUT2D eigenvalue weighted by Gasteiger charge is -2.12. The van der Waals surface area contributed by atoms with Gasteiger partial charge in [-0.2, -0.15) is 0 Å². The molecule has 0 atom stereocenters. The van der Waals surface area contributed by atoms with E-state index in [9.17, 15) is 19.7 Å². The molecule has 0 saturated carbocycles. The number of carbonyl (C=O) groups excluding carboxylic acids is 1. The Morgan fingerprint density at radius 2 is 1.96 bits per heavy atom. The first kappa shape index (κ1) is 20.7. The van der Waals surface area contributed by atoms with Gasteiger partial charge in [0.1, 0.15) is 5.56 Å². The molecule has 0 saturated heterocycles. The number of hydrogen-bond donors (Lipinski definition) is 2. The van der Waals surface area contributed by atoms with Crippen molar-refractivity contribution in [3.63, 3.8) is 0 Å². The van der Waals surface area contributed by atoms with Crippen molar-refractivity contribution in [2.75, 3.05) is 19.0 Å². The van der Waals surface area contributed by atoms with E-state index in [-0.39, 0.29) is 23.5 Å². The Balaban J connectivity index is 2.32. The quantitative estimate of drug-likeness (QED) is 0.498. The molecule has 0 radical (unpaired) electrons. The van der Waals surface area contributed by atoms with Gasteiger partial charge >= 0.3 is 5.97 Å². The number of aryl methyl sites for hydroxylation is 1. The topological polar surface area (TPSA) is 128 Å². The van der Waals surface area contributed by atoms with Gasteiger partial charge in [-0.05, 0) is 31.0 Å². The number of benzene rings is 2. The predicted molar refractivity (Wildman–Crippen MR) is 101 cm³/mol. The van der Waals surface area contributed by atoms with E-state index >= 15 is 0 Å². The molecule has 0 aliphatic rings. The standard InChI is InChI=1S/C19H20N2O7/c1-3-28-17-10-14(15(21(25)26)11-16(17)27-2)19(24)20-13-6-4-5-12(9-13)7-8-18(22)23/h4-6,9-11H,3,7-8H2,1-2H3,(H,20,24)(H,22,23). The third-order valence-corrected chi connectivity index (χ3v) is 3.84. The molecule has 0 unspecified atom stereocenters. The second-order valence-corrected chi connectivity index (χ2v) is 5.76. The SMILES string of the molecule is CCOc1cc(C(=O)Nc2cccc(CCC(=O)O)c2)c([N+](=O)[O-])cc1OC. The van der Waals surface area contributed by atoms with Crippen LogP contribution >= 0.6 is 0 Å². The smallest absolute Gasteiger partial charge is 0.303 e. The van der Waals surface area contributed by atoms with Gasteiger partial charge in [-0.1, -0.05) is 12.1 Å². The van der Waals surface area contributed by atoms with Crippen molar-refractivity contribution in [2.45, 2.75) is 19.8 Å². The van der Waals surface area contributed by atoms with Gasteiger partial charge in [0.2, 0.25) is 0 Å². The van der Waals surface area contributed by atoms with E-state index in [2.05, 4.69) is 5.32 Å². The molecule has 2 aromatic rings. The molecule has 0 aliphatic carbocycles. The summed E-state index contributed by atoms with van der Waals surface area (Å²) >= 11 is 0. The van der Waals surface area contributed by atoms with Gasteiger partial charge in [-0.3, -0.25) is 19.7 Å². The van der Waals surface area contributed by atoms with Crippen molar-refractivity contribution < 1.29 is 29.1 Å². The van der Waals surface area contributed by atoms with E-state index in [1.807, 2.05) is 0 Å². The van der Waals surface area contributed by atoms with E-state index in [4.69, 9.17) is 14.6 Å². The summed E-state index contributed by atoms with van der Waals surface area (Å²) < 4.78 is 10.5. The summed E-state index contributed by atoms with van der Waals surface area (Å²) in [5.41, 5.74) is 0.528. The van der Waals surface area contributed by atoms with Crippen LogP contribution < -0.4 is 14.8 Å². The predicted octanol–water partition coefficient (Wildman–Crippen LogP) is 3.27. The number of nitro groups is 1. The second-order valence-electron chi connectivity index (χ2n) is 5.76. The molecule has 9 heteroatoms. The Labute approximate surface area is 161 Å². The molecular formula is C19H20N2O7.